The van der Waals surface area contributed by atoms with E-state index in [-0.39, 0.29) is 0 Å². The van der Waals surface area contributed by atoms with Crippen LogP contribution in [0.4, 0.5) is 5.69 Å². The van der Waals surface area contributed by atoms with E-state index in [1.165, 1.54) is 0 Å². The molecule has 2 unspecified atom stereocenters. The van der Waals surface area contributed by atoms with Gasteiger partial charge in [-0.2, -0.15) is 0 Å². The first kappa shape index (κ1) is 13.7. The summed E-state index contributed by atoms with van der Waals surface area (Å²) in [6.45, 7) is 7.03. The van der Waals surface area contributed by atoms with E-state index in [0.717, 1.165) is 29.4 Å². The van der Waals surface area contributed by atoms with Crippen molar-refractivity contribution in [2.24, 2.45) is 5.73 Å². The second-order valence-electron chi connectivity index (χ2n) is 5.22. The van der Waals surface area contributed by atoms with Crippen molar-refractivity contribution in [2.75, 3.05) is 25.0 Å². The van der Waals surface area contributed by atoms with Crippen LogP contribution in [0.25, 0.3) is 0 Å². The third-order valence-electron chi connectivity index (χ3n) is 3.97. The molecule has 1 aliphatic rings. The number of hydrogen-bond acceptors (Lipinski definition) is 3. The molecule has 18 heavy (non-hydrogen) atoms. The first-order valence-electron chi connectivity index (χ1n) is 6.49. The molecule has 2 N–H and O–H groups in total. The lowest BCUT2D eigenvalue weighted by atomic mass is 10.1. The number of piperazine rings is 1. The second kappa shape index (κ2) is 5.47. The Bertz CT molecular complexity index is 410. The number of benzene rings is 1. The van der Waals surface area contributed by atoms with Crippen LogP contribution in [0, 0.1) is 0 Å². The number of hydrogen-bond donors (Lipinski definition) is 1. The Morgan fingerprint density at radius 1 is 1.28 bits per heavy atom. The quantitative estimate of drug-likeness (QED) is 0.893. The molecule has 2 atom stereocenters. The first-order valence-corrected chi connectivity index (χ1v) is 6.86. The molecule has 0 saturated carbocycles. The Labute approximate surface area is 115 Å². The molecule has 0 aliphatic carbocycles. The molecule has 3 nitrogen and oxygen atoms in total. The van der Waals surface area contributed by atoms with Gasteiger partial charge in [-0.05, 0) is 32.5 Å². The summed E-state index contributed by atoms with van der Waals surface area (Å²) in [6, 6.07) is 7.03. The maximum Gasteiger partial charge on any atom is 0.0642 e. The van der Waals surface area contributed by atoms with Crippen LogP contribution in [0.3, 0.4) is 0 Å². The van der Waals surface area contributed by atoms with Gasteiger partial charge < -0.3 is 10.6 Å². The van der Waals surface area contributed by atoms with Crippen LogP contribution < -0.4 is 10.6 Å². The molecule has 0 amide bonds. The van der Waals surface area contributed by atoms with Gasteiger partial charge >= 0.3 is 0 Å². The molecule has 1 aromatic rings. The summed E-state index contributed by atoms with van der Waals surface area (Å²) in [4.78, 5) is 4.79. The fourth-order valence-electron chi connectivity index (χ4n) is 2.67. The van der Waals surface area contributed by atoms with E-state index in [0.29, 0.717) is 18.6 Å². The number of nitrogens with zero attached hydrogens (tertiary/aromatic N) is 2. The summed E-state index contributed by atoms with van der Waals surface area (Å²) < 4.78 is 0. The van der Waals surface area contributed by atoms with Gasteiger partial charge in [0.05, 0.1) is 10.7 Å². The van der Waals surface area contributed by atoms with Crippen LogP contribution in [0.15, 0.2) is 18.2 Å². The number of anilines is 1. The lowest BCUT2D eigenvalue weighted by Gasteiger charge is -2.44. The number of para-hydroxylation sites is 1. The van der Waals surface area contributed by atoms with Crippen LogP contribution in [0.1, 0.15) is 19.4 Å². The highest BCUT2D eigenvalue weighted by atomic mass is 35.5. The molecule has 100 valence electrons. The van der Waals surface area contributed by atoms with Crippen molar-refractivity contribution >= 4 is 17.3 Å². The van der Waals surface area contributed by atoms with Crippen molar-refractivity contribution in [3.8, 4) is 0 Å². The van der Waals surface area contributed by atoms with Gasteiger partial charge in [-0.1, -0.05) is 23.7 Å². The average Bonchev–Trinajstić information content (AvgIpc) is 2.35. The van der Waals surface area contributed by atoms with Crippen molar-refractivity contribution < 1.29 is 0 Å². The highest BCUT2D eigenvalue weighted by molar-refractivity contribution is 6.33. The van der Waals surface area contributed by atoms with Gasteiger partial charge in [-0.25, -0.2) is 0 Å². The van der Waals surface area contributed by atoms with Crippen molar-refractivity contribution in [1.29, 1.82) is 0 Å². The van der Waals surface area contributed by atoms with E-state index < -0.39 is 0 Å². The summed E-state index contributed by atoms with van der Waals surface area (Å²) in [7, 11) is 2.18. The van der Waals surface area contributed by atoms with Crippen molar-refractivity contribution in [3.05, 3.63) is 28.8 Å². The summed E-state index contributed by atoms with van der Waals surface area (Å²) in [5, 5.41) is 0.807. The number of rotatable bonds is 2. The lowest BCUT2D eigenvalue weighted by molar-refractivity contribution is 0.170. The largest absolute Gasteiger partial charge is 0.367 e. The molecule has 1 saturated heterocycles. The van der Waals surface area contributed by atoms with Crippen LogP contribution in [0.2, 0.25) is 5.02 Å². The molecule has 0 aromatic heterocycles. The minimum atomic E-state index is 0.524. The standard InChI is InChI=1S/C14H22ClN3/c1-10-8-18(9-11(2)17(10)3)14-12(7-16)5-4-6-13(14)15/h4-6,10-11H,7-9,16H2,1-3H3. The summed E-state index contributed by atoms with van der Waals surface area (Å²) in [5.74, 6) is 0. The molecule has 1 heterocycles. The van der Waals surface area contributed by atoms with Gasteiger partial charge in [0.25, 0.3) is 0 Å². The molecular weight excluding hydrogens is 246 g/mol. The second-order valence-corrected chi connectivity index (χ2v) is 5.63. The zero-order chi connectivity index (χ0) is 13.3. The van der Waals surface area contributed by atoms with Gasteiger partial charge in [0.1, 0.15) is 0 Å². The van der Waals surface area contributed by atoms with Gasteiger partial charge in [0.15, 0.2) is 0 Å². The zero-order valence-corrected chi connectivity index (χ0v) is 12.1. The van der Waals surface area contributed by atoms with Crippen molar-refractivity contribution in [3.63, 3.8) is 0 Å². The van der Waals surface area contributed by atoms with Gasteiger partial charge in [0, 0.05) is 31.7 Å². The highest BCUT2D eigenvalue weighted by Gasteiger charge is 2.28. The average molecular weight is 268 g/mol. The van der Waals surface area contributed by atoms with E-state index in [2.05, 4.69) is 36.8 Å². The molecule has 0 bridgehead atoms. The maximum atomic E-state index is 6.36. The SMILES string of the molecule is CC1CN(c2c(Cl)cccc2CN)CC(C)N1C. The molecular formula is C14H22ClN3. The first-order chi connectivity index (χ1) is 8.54. The van der Waals surface area contributed by atoms with Crippen LogP contribution in [0.5, 0.6) is 0 Å². The maximum absolute atomic E-state index is 6.36. The Morgan fingerprint density at radius 3 is 2.44 bits per heavy atom. The zero-order valence-electron chi connectivity index (χ0n) is 11.4. The number of likely N-dealkylation sites (N-methyl/N-ethyl adjacent to an activating group) is 1. The van der Waals surface area contributed by atoms with Crippen molar-refractivity contribution in [1.82, 2.24) is 4.90 Å². The van der Waals surface area contributed by atoms with E-state index in [9.17, 15) is 0 Å². The summed E-state index contributed by atoms with van der Waals surface area (Å²) in [5.41, 5.74) is 8.08. The summed E-state index contributed by atoms with van der Waals surface area (Å²) >= 11 is 6.36. The molecule has 1 aromatic carbocycles. The van der Waals surface area contributed by atoms with Crippen LogP contribution in [-0.4, -0.2) is 37.1 Å². The van der Waals surface area contributed by atoms with Gasteiger partial charge in [0.2, 0.25) is 0 Å². The minimum Gasteiger partial charge on any atom is -0.367 e. The molecule has 1 aliphatic heterocycles. The third-order valence-corrected chi connectivity index (χ3v) is 4.27. The molecule has 2 rings (SSSR count). The minimum absolute atomic E-state index is 0.524. The van der Waals surface area contributed by atoms with E-state index in [1.54, 1.807) is 0 Å². The Balaban J connectivity index is 2.32. The lowest BCUT2D eigenvalue weighted by Crippen LogP contribution is -2.55. The smallest absolute Gasteiger partial charge is 0.0642 e. The monoisotopic (exact) mass is 267 g/mol. The number of halogens is 1. The predicted molar refractivity (Wildman–Crippen MR) is 78.2 cm³/mol. The molecule has 0 spiro atoms. The fraction of sp³-hybridized carbons (Fsp3) is 0.571. The molecule has 0 radical (unpaired) electrons. The third kappa shape index (κ3) is 2.48. The number of nitrogens with two attached hydrogens (primary N) is 1. The van der Waals surface area contributed by atoms with E-state index in [1.807, 2.05) is 12.1 Å². The van der Waals surface area contributed by atoms with Crippen LogP contribution >= 0.6 is 11.6 Å². The Morgan fingerprint density at radius 2 is 1.89 bits per heavy atom. The summed E-state index contributed by atoms with van der Waals surface area (Å²) in [6.07, 6.45) is 0. The van der Waals surface area contributed by atoms with E-state index in [4.69, 9.17) is 17.3 Å². The predicted octanol–water partition coefficient (Wildman–Crippen LogP) is 2.33. The van der Waals surface area contributed by atoms with Crippen molar-refractivity contribution in [2.45, 2.75) is 32.5 Å². The normalized spacial score (nSPS) is 25.5. The molecule has 4 heteroatoms. The topological polar surface area (TPSA) is 32.5 Å². The molecule has 1 fully saturated rings. The Hall–Kier alpha value is -0.770. The van der Waals surface area contributed by atoms with Gasteiger partial charge in [-0.3, -0.25) is 4.90 Å². The van der Waals surface area contributed by atoms with Gasteiger partial charge in [-0.15, -0.1) is 0 Å². The van der Waals surface area contributed by atoms with Crippen LogP contribution in [-0.2, 0) is 6.54 Å². The Kier molecular flexibility index (Phi) is 4.15. The highest BCUT2D eigenvalue weighted by Crippen LogP contribution is 2.32. The van der Waals surface area contributed by atoms with E-state index >= 15 is 0 Å². The fourth-order valence-corrected chi connectivity index (χ4v) is 2.98.